The molecule has 0 bridgehead atoms. The van der Waals surface area contributed by atoms with Gasteiger partial charge in [-0.25, -0.2) is 9.07 Å². The van der Waals surface area contributed by atoms with E-state index in [0.717, 1.165) is 87.6 Å². The SMILES string of the molecule is CCc1nn(-c2ccc(F)cc2)c(N2CCN(C(C)C)CC2)c1CN(CC(C)C)C(=O)C1CCCC1. The fraction of sp³-hybridized carbons (Fsp3) is 0.655. The topological polar surface area (TPSA) is 44.6 Å². The average molecular weight is 498 g/mol. The first-order chi connectivity index (χ1) is 17.3. The second-order valence-corrected chi connectivity index (χ2v) is 11.2. The molecule has 0 N–H and O–H groups in total. The summed E-state index contributed by atoms with van der Waals surface area (Å²) >= 11 is 0. The highest BCUT2D eigenvalue weighted by Gasteiger charge is 2.32. The quantitative estimate of drug-likeness (QED) is 0.473. The monoisotopic (exact) mass is 497 g/mol. The van der Waals surface area contributed by atoms with Gasteiger partial charge in [-0.1, -0.05) is 33.6 Å². The molecule has 4 rings (SSSR count). The fourth-order valence-corrected chi connectivity index (χ4v) is 5.76. The molecule has 1 aromatic heterocycles. The van der Waals surface area contributed by atoms with Gasteiger partial charge < -0.3 is 9.80 Å². The largest absolute Gasteiger partial charge is 0.354 e. The van der Waals surface area contributed by atoms with E-state index in [0.29, 0.717) is 24.4 Å². The van der Waals surface area contributed by atoms with Crippen molar-refractivity contribution in [2.45, 2.75) is 79.3 Å². The standard InChI is InChI=1S/C29H44FN5O/c1-6-27-26(20-34(19-21(2)3)29(36)23-9-7-8-10-23)28(33-17-15-32(16-18-33)22(4)5)35(31-27)25-13-11-24(30)12-14-25/h11-14,21-23H,6-10,15-20H2,1-5H3. The van der Waals surface area contributed by atoms with Gasteiger partial charge in [0.25, 0.3) is 0 Å². The van der Waals surface area contributed by atoms with Crippen molar-refractivity contribution in [1.82, 2.24) is 19.6 Å². The highest BCUT2D eigenvalue weighted by molar-refractivity contribution is 5.79. The van der Waals surface area contributed by atoms with E-state index in [9.17, 15) is 9.18 Å². The number of rotatable bonds is 9. The van der Waals surface area contributed by atoms with Crippen LogP contribution in [0.4, 0.5) is 10.2 Å². The van der Waals surface area contributed by atoms with Crippen molar-refractivity contribution in [2.75, 3.05) is 37.6 Å². The highest BCUT2D eigenvalue weighted by Crippen LogP contribution is 2.33. The fourth-order valence-electron chi connectivity index (χ4n) is 5.76. The van der Waals surface area contributed by atoms with Crippen molar-refractivity contribution in [3.63, 3.8) is 0 Å². The van der Waals surface area contributed by atoms with Crippen LogP contribution < -0.4 is 4.90 Å². The van der Waals surface area contributed by atoms with Crippen molar-refractivity contribution in [3.8, 4) is 5.69 Å². The van der Waals surface area contributed by atoms with Gasteiger partial charge in [0.1, 0.15) is 11.6 Å². The molecule has 198 valence electrons. The third-order valence-corrected chi connectivity index (χ3v) is 7.74. The third-order valence-electron chi connectivity index (χ3n) is 7.74. The number of aromatic nitrogens is 2. The van der Waals surface area contributed by atoms with Crippen molar-refractivity contribution in [1.29, 1.82) is 0 Å². The van der Waals surface area contributed by atoms with Crippen LogP contribution >= 0.6 is 0 Å². The Kier molecular flexibility index (Phi) is 8.70. The summed E-state index contributed by atoms with van der Waals surface area (Å²) in [6.45, 7) is 16.1. The molecular weight excluding hydrogens is 453 g/mol. The Morgan fingerprint density at radius 1 is 1.06 bits per heavy atom. The number of anilines is 1. The number of halogens is 1. The zero-order chi connectivity index (χ0) is 25.8. The van der Waals surface area contributed by atoms with Crippen LogP contribution in [0.3, 0.4) is 0 Å². The lowest BCUT2D eigenvalue weighted by Gasteiger charge is -2.39. The van der Waals surface area contributed by atoms with Crippen molar-refractivity contribution < 1.29 is 9.18 Å². The van der Waals surface area contributed by atoms with Crippen LogP contribution in [0, 0.1) is 17.7 Å². The lowest BCUT2D eigenvalue weighted by Crippen LogP contribution is -2.49. The van der Waals surface area contributed by atoms with Crippen LogP contribution in [-0.2, 0) is 17.8 Å². The van der Waals surface area contributed by atoms with Crippen LogP contribution in [0.15, 0.2) is 24.3 Å². The Labute approximate surface area is 216 Å². The molecule has 1 saturated heterocycles. The molecule has 1 aliphatic heterocycles. The van der Waals surface area contributed by atoms with Crippen LogP contribution in [0.2, 0.25) is 0 Å². The minimum atomic E-state index is -0.251. The van der Waals surface area contributed by atoms with Crippen molar-refractivity contribution in [2.24, 2.45) is 11.8 Å². The molecule has 2 aromatic rings. The molecule has 1 amide bonds. The number of carbonyl (C=O) groups is 1. The van der Waals surface area contributed by atoms with Gasteiger partial charge in [0, 0.05) is 50.2 Å². The molecule has 2 heterocycles. The van der Waals surface area contributed by atoms with Gasteiger partial charge in [0.2, 0.25) is 5.91 Å². The first-order valence-electron chi connectivity index (χ1n) is 13.9. The second-order valence-electron chi connectivity index (χ2n) is 11.2. The van der Waals surface area contributed by atoms with Crippen LogP contribution in [0.5, 0.6) is 0 Å². The van der Waals surface area contributed by atoms with E-state index in [1.807, 2.05) is 4.68 Å². The van der Waals surface area contributed by atoms with Gasteiger partial charge in [-0.2, -0.15) is 5.10 Å². The number of piperazine rings is 1. The van der Waals surface area contributed by atoms with E-state index in [1.54, 1.807) is 12.1 Å². The van der Waals surface area contributed by atoms with E-state index < -0.39 is 0 Å². The van der Waals surface area contributed by atoms with Crippen molar-refractivity contribution in [3.05, 3.63) is 41.3 Å². The molecule has 0 unspecified atom stereocenters. The number of hydrogen-bond donors (Lipinski definition) is 0. The molecule has 36 heavy (non-hydrogen) atoms. The van der Waals surface area contributed by atoms with Crippen LogP contribution in [-0.4, -0.2) is 64.3 Å². The Balaban J connectivity index is 1.74. The number of carbonyl (C=O) groups excluding carboxylic acids is 1. The first kappa shape index (κ1) is 26.6. The van der Waals surface area contributed by atoms with E-state index in [-0.39, 0.29) is 11.7 Å². The molecule has 1 saturated carbocycles. The summed E-state index contributed by atoms with van der Waals surface area (Å²) in [5.74, 6) is 1.66. The van der Waals surface area contributed by atoms with E-state index in [1.165, 1.54) is 12.1 Å². The molecule has 7 heteroatoms. The zero-order valence-electron chi connectivity index (χ0n) is 22.8. The zero-order valence-corrected chi connectivity index (χ0v) is 22.8. The maximum Gasteiger partial charge on any atom is 0.225 e. The summed E-state index contributed by atoms with van der Waals surface area (Å²) < 4.78 is 15.8. The van der Waals surface area contributed by atoms with Gasteiger partial charge >= 0.3 is 0 Å². The molecule has 1 aliphatic carbocycles. The Bertz CT molecular complexity index is 1000. The smallest absolute Gasteiger partial charge is 0.225 e. The molecule has 0 spiro atoms. The average Bonchev–Trinajstić information content (AvgIpc) is 3.52. The van der Waals surface area contributed by atoms with Crippen LogP contribution in [0.1, 0.15) is 71.6 Å². The molecule has 6 nitrogen and oxygen atoms in total. The predicted molar refractivity (Wildman–Crippen MR) is 144 cm³/mol. The summed E-state index contributed by atoms with van der Waals surface area (Å²) in [5.41, 5.74) is 3.02. The van der Waals surface area contributed by atoms with Gasteiger partial charge in [0.15, 0.2) is 0 Å². The molecule has 2 aliphatic rings. The normalized spacial score (nSPS) is 17.5. The van der Waals surface area contributed by atoms with Gasteiger partial charge in [0.05, 0.1) is 17.9 Å². The highest BCUT2D eigenvalue weighted by atomic mass is 19.1. The van der Waals surface area contributed by atoms with Gasteiger partial charge in [-0.05, 0) is 63.3 Å². The van der Waals surface area contributed by atoms with E-state index in [2.05, 4.69) is 49.3 Å². The van der Waals surface area contributed by atoms with E-state index >= 15 is 0 Å². The van der Waals surface area contributed by atoms with E-state index in [4.69, 9.17) is 5.10 Å². The van der Waals surface area contributed by atoms with Gasteiger partial charge in [-0.15, -0.1) is 0 Å². The second kappa shape index (κ2) is 11.8. The summed E-state index contributed by atoms with van der Waals surface area (Å²) in [6.07, 6.45) is 5.11. The molecule has 0 atom stereocenters. The van der Waals surface area contributed by atoms with Crippen molar-refractivity contribution >= 4 is 11.7 Å². The predicted octanol–water partition coefficient (Wildman–Crippen LogP) is 5.28. The Morgan fingerprint density at radius 2 is 1.69 bits per heavy atom. The number of hydrogen-bond acceptors (Lipinski definition) is 4. The minimum absolute atomic E-state index is 0.152. The number of benzene rings is 1. The number of amides is 1. The summed E-state index contributed by atoms with van der Waals surface area (Å²) in [6, 6.07) is 7.12. The molecule has 2 fully saturated rings. The maximum absolute atomic E-state index is 13.8. The maximum atomic E-state index is 13.8. The first-order valence-corrected chi connectivity index (χ1v) is 13.9. The van der Waals surface area contributed by atoms with Crippen LogP contribution in [0.25, 0.3) is 5.69 Å². The van der Waals surface area contributed by atoms with Gasteiger partial charge in [-0.3, -0.25) is 9.69 Å². The lowest BCUT2D eigenvalue weighted by molar-refractivity contribution is -0.136. The third kappa shape index (κ3) is 5.93. The summed E-state index contributed by atoms with van der Waals surface area (Å²) in [5, 5.41) is 5.05. The number of nitrogens with zero attached hydrogens (tertiary/aromatic N) is 5. The summed E-state index contributed by atoms with van der Waals surface area (Å²) in [4.78, 5) is 20.7. The Hall–Kier alpha value is -2.41. The molecule has 1 aromatic carbocycles. The minimum Gasteiger partial charge on any atom is -0.354 e. The summed E-state index contributed by atoms with van der Waals surface area (Å²) in [7, 11) is 0. The number of aryl methyl sites for hydroxylation is 1. The Morgan fingerprint density at radius 3 is 2.25 bits per heavy atom. The molecular formula is C29H44FN5O. The lowest BCUT2D eigenvalue weighted by atomic mass is 10.0. The molecule has 0 radical (unpaired) electrons.